The minimum atomic E-state index is -0.567. The van der Waals surface area contributed by atoms with Crippen molar-refractivity contribution in [3.05, 3.63) is 86.4 Å². The fraction of sp³-hybridized carbons (Fsp3) is 0.0435. The van der Waals surface area contributed by atoms with Gasteiger partial charge in [0.2, 0.25) is 0 Å². The van der Waals surface area contributed by atoms with E-state index in [9.17, 15) is 14.4 Å². The molecule has 3 aromatic rings. The number of rotatable bonds is 5. The van der Waals surface area contributed by atoms with Crippen molar-refractivity contribution in [3.63, 3.8) is 0 Å². The number of furan rings is 1. The highest BCUT2D eigenvalue weighted by Gasteiger charge is 2.34. The second kappa shape index (κ2) is 10.0. The molecule has 0 aliphatic carbocycles. The highest BCUT2D eigenvalue weighted by molar-refractivity contribution is 8.26. The first-order valence-electron chi connectivity index (χ1n) is 9.59. The largest absolute Gasteiger partial charge is 0.465 e. The Bertz CT molecular complexity index is 1350. The average molecular weight is 533 g/mol. The maximum Gasteiger partial charge on any atom is 0.339 e. The van der Waals surface area contributed by atoms with Gasteiger partial charge in [0.05, 0.1) is 22.6 Å². The van der Waals surface area contributed by atoms with Gasteiger partial charge in [0.15, 0.2) is 4.32 Å². The fourth-order valence-electron chi connectivity index (χ4n) is 2.99. The van der Waals surface area contributed by atoms with Crippen LogP contribution in [-0.2, 0) is 9.53 Å². The molecular weight excluding hydrogens is 519 g/mol. The van der Waals surface area contributed by atoms with Crippen molar-refractivity contribution in [2.45, 2.75) is 0 Å². The molecule has 0 bridgehead atoms. The summed E-state index contributed by atoms with van der Waals surface area (Å²) in [7, 11) is 1.27. The maximum absolute atomic E-state index is 12.8. The van der Waals surface area contributed by atoms with E-state index in [1.807, 2.05) is 0 Å². The zero-order valence-corrected chi connectivity index (χ0v) is 20.5. The number of hydrazine groups is 1. The SMILES string of the molecule is COC(=O)c1cc(-c2ccc(/C=C3/SC(=S)N(NC(=O)c4ccc(Cl)cc4)C3=O)o2)ccc1Cl. The van der Waals surface area contributed by atoms with E-state index in [0.29, 0.717) is 27.7 Å². The number of benzene rings is 2. The van der Waals surface area contributed by atoms with Gasteiger partial charge < -0.3 is 9.15 Å². The molecule has 0 spiro atoms. The molecule has 1 aliphatic heterocycles. The summed E-state index contributed by atoms with van der Waals surface area (Å²) in [6.45, 7) is 0. The van der Waals surface area contributed by atoms with Gasteiger partial charge in [-0.15, -0.1) is 0 Å². The van der Waals surface area contributed by atoms with Gasteiger partial charge in [-0.05, 0) is 66.8 Å². The molecule has 1 fully saturated rings. The number of carbonyl (C=O) groups is 3. The summed E-state index contributed by atoms with van der Waals surface area (Å²) in [5, 5.41) is 1.75. The number of hydrogen-bond acceptors (Lipinski definition) is 7. The molecule has 1 N–H and O–H groups in total. The van der Waals surface area contributed by atoms with Crippen LogP contribution in [0.25, 0.3) is 17.4 Å². The Morgan fingerprint density at radius 1 is 1.12 bits per heavy atom. The predicted molar refractivity (Wildman–Crippen MR) is 134 cm³/mol. The quantitative estimate of drug-likeness (QED) is 0.260. The molecular formula is C23H14Cl2N2O5S2. The molecule has 1 saturated heterocycles. The van der Waals surface area contributed by atoms with Crippen LogP contribution in [0.3, 0.4) is 0 Å². The van der Waals surface area contributed by atoms with Crippen LogP contribution in [0.2, 0.25) is 10.0 Å². The van der Waals surface area contributed by atoms with Crippen molar-refractivity contribution >= 4 is 75.4 Å². The van der Waals surface area contributed by atoms with E-state index in [-0.39, 0.29) is 19.8 Å². The first-order valence-corrected chi connectivity index (χ1v) is 11.6. The van der Waals surface area contributed by atoms with Crippen molar-refractivity contribution in [2.24, 2.45) is 0 Å². The van der Waals surface area contributed by atoms with Crippen LogP contribution < -0.4 is 5.43 Å². The lowest BCUT2D eigenvalue weighted by atomic mass is 10.1. The lowest BCUT2D eigenvalue weighted by molar-refractivity contribution is -0.123. The van der Waals surface area contributed by atoms with Crippen molar-refractivity contribution < 1.29 is 23.5 Å². The van der Waals surface area contributed by atoms with Crippen molar-refractivity contribution in [1.29, 1.82) is 0 Å². The monoisotopic (exact) mass is 532 g/mol. The molecule has 2 amide bonds. The first-order chi connectivity index (χ1) is 16.3. The molecule has 172 valence electrons. The summed E-state index contributed by atoms with van der Waals surface area (Å²) < 4.78 is 10.7. The Kier molecular flexibility index (Phi) is 7.08. The Hall–Kier alpha value is -3.11. The van der Waals surface area contributed by atoms with Gasteiger partial charge in [-0.25, -0.2) is 4.79 Å². The summed E-state index contributed by atoms with van der Waals surface area (Å²) >= 11 is 18.2. The molecule has 1 aromatic heterocycles. The van der Waals surface area contributed by atoms with E-state index in [0.717, 1.165) is 16.8 Å². The molecule has 0 atom stereocenters. The van der Waals surface area contributed by atoms with Gasteiger partial charge in [0.25, 0.3) is 11.8 Å². The number of thioether (sulfide) groups is 1. The third kappa shape index (κ3) is 5.02. The second-order valence-electron chi connectivity index (χ2n) is 6.85. The molecule has 0 saturated carbocycles. The molecule has 34 heavy (non-hydrogen) atoms. The van der Waals surface area contributed by atoms with Gasteiger partial charge in [-0.3, -0.25) is 15.0 Å². The van der Waals surface area contributed by atoms with Crippen LogP contribution in [0.15, 0.2) is 63.9 Å². The van der Waals surface area contributed by atoms with Crippen LogP contribution in [0.4, 0.5) is 0 Å². The number of amides is 2. The van der Waals surface area contributed by atoms with E-state index in [4.69, 9.17) is 44.6 Å². The highest BCUT2D eigenvalue weighted by atomic mass is 35.5. The third-order valence-corrected chi connectivity index (χ3v) is 6.55. The number of halogens is 2. The van der Waals surface area contributed by atoms with Gasteiger partial charge in [0, 0.05) is 22.2 Å². The van der Waals surface area contributed by atoms with E-state index in [1.54, 1.807) is 42.5 Å². The van der Waals surface area contributed by atoms with Crippen molar-refractivity contribution in [1.82, 2.24) is 10.4 Å². The molecule has 0 unspecified atom stereocenters. The van der Waals surface area contributed by atoms with Crippen LogP contribution in [-0.4, -0.2) is 34.2 Å². The molecule has 0 radical (unpaired) electrons. The standard InChI is InChI=1S/C23H14Cl2N2O5S2/c1-31-22(30)16-10-13(4-8-17(16)25)18-9-7-15(32-18)11-19-21(29)27(23(33)34-19)26-20(28)12-2-5-14(24)6-3-12/h2-11H,1H3,(H,26,28)/b19-11+. The van der Waals surface area contributed by atoms with Crippen LogP contribution in [0, 0.1) is 0 Å². The fourth-order valence-corrected chi connectivity index (χ4v) is 4.47. The van der Waals surface area contributed by atoms with E-state index >= 15 is 0 Å². The zero-order valence-electron chi connectivity index (χ0n) is 17.3. The van der Waals surface area contributed by atoms with Gasteiger partial charge in [-0.1, -0.05) is 35.0 Å². The smallest absolute Gasteiger partial charge is 0.339 e. The second-order valence-corrected chi connectivity index (χ2v) is 9.37. The topological polar surface area (TPSA) is 88.9 Å². The minimum absolute atomic E-state index is 0.172. The molecule has 2 heterocycles. The minimum Gasteiger partial charge on any atom is -0.465 e. The van der Waals surface area contributed by atoms with Crippen molar-refractivity contribution in [3.8, 4) is 11.3 Å². The van der Waals surface area contributed by atoms with Crippen molar-refractivity contribution in [2.75, 3.05) is 7.11 Å². The van der Waals surface area contributed by atoms with Gasteiger partial charge >= 0.3 is 5.97 Å². The predicted octanol–water partition coefficient (Wildman–Crippen LogP) is 5.59. The molecule has 2 aromatic carbocycles. The number of ether oxygens (including phenoxy) is 1. The number of thiocarbonyl (C=S) groups is 1. The lowest BCUT2D eigenvalue weighted by Crippen LogP contribution is -2.44. The molecule has 1 aliphatic rings. The lowest BCUT2D eigenvalue weighted by Gasteiger charge is -2.15. The number of hydrogen-bond donors (Lipinski definition) is 1. The Morgan fingerprint density at radius 2 is 1.85 bits per heavy atom. The summed E-state index contributed by atoms with van der Waals surface area (Å²) in [4.78, 5) is 37.4. The summed E-state index contributed by atoms with van der Waals surface area (Å²) in [5.41, 5.74) is 3.64. The van der Waals surface area contributed by atoms with E-state index in [2.05, 4.69) is 5.43 Å². The highest BCUT2D eigenvalue weighted by Crippen LogP contribution is 2.33. The van der Waals surface area contributed by atoms with Crippen LogP contribution in [0.1, 0.15) is 26.5 Å². The number of methoxy groups -OCH3 is 1. The number of nitrogens with one attached hydrogen (secondary N) is 1. The molecule has 7 nitrogen and oxygen atoms in total. The van der Waals surface area contributed by atoms with Crippen LogP contribution in [0.5, 0.6) is 0 Å². The zero-order chi connectivity index (χ0) is 24.4. The van der Waals surface area contributed by atoms with Crippen LogP contribution >= 0.6 is 47.2 Å². The average Bonchev–Trinajstić information content (AvgIpc) is 3.39. The summed E-state index contributed by atoms with van der Waals surface area (Å²) in [6.07, 6.45) is 1.52. The molecule has 4 rings (SSSR count). The summed E-state index contributed by atoms with van der Waals surface area (Å²) in [6, 6.07) is 14.4. The van der Waals surface area contributed by atoms with Gasteiger partial charge in [0.1, 0.15) is 11.5 Å². The number of esters is 1. The Balaban J connectivity index is 1.52. The summed E-state index contributed by atoms with van der Waals surface area (Å²) in [5.74, 6) is -0.718. The normalized spacial score (nSPS) is 14.6. The first kappa shape index (κ1) is 24.0. The van der Waals surface area contributed by atoms with E-state index < -0.39 is 17.8 Å². The number of carbonyl (C=O) groups excluding carboxylic acids is 3. The third-order valence-electron chi connectivity index (χ3n) is 4.67. The molecule has 11 heteroatoms. The van der Waals surface area contributed by atoms with Gasteiger partial charge in [-0.2, -0.15) is 5.01 Å². The Morgan fingerprint density at radius 3 is 2.56 bits per heavy atom. The number of nitrogens with zero attached hydrogens (tertiary/aromatic N) is 1. The maximum atomic E-state index is 12.8. The Labute approximate surface area is 213 Å². The van der Waals surface area contributed by atoms with E-state index in [1.165, 1.54) is 25.3 Å².